The number of nitrogens with zero attached hydrogens (tertiary/aromatic N) is 2. The fraction of sp³-hybridized carbons (Fsp3) is 0.300. The Kier molecular flexibility index (Phi) is 6.58. The minimum absolute atomic E-state index is 0.0525. The smallest absolute Gasteiger partial charge is 0.253 e. The molecule has 2 aromatic rings. The van der Waals surface area contributed by atoms with Crippen molar-refractivity contribution in [3.8, 4) is 0 Å². The zero-order valence-corrected chi connectivity index (χ0v) is 16.3. The van der Waals surface area contributed by atoms with Crippen LogP contribution < -0.4 is 10.2 Å². The minimum Gasteiger partial charge on any atom is -0.370 e. The van der Waals surface area contributed by atoms with Gasteiger partial charge in [0.15, 0.2) is 0 Å². The van der Waals surface area contributed by atoms with Crippen molar-refractivity contribution in [2.45, 2.75) is 6.42 Å². The van der Waals surface area contributed by atoms with Crippen LogP contribution in [-0.2, 0) is 4.79 Å². The maximum atomic E-state index is 12.5. The van der Waals surface area contributed by atoms with Gasteiger partial charge in [0.1, 0.15) is 0 Å². The van der Waals surface area contributed by atoms with Gasteiger partial charge >= 0.3 is 0 Å². The molecule has 0 bridgehead atoms. The molecule has 0 radical (unpaired) electrons. The van der Waals surface area contributed by atoms with E-state index in [2.05, 4.69) is 22.3 Å². The Morgan fingerprint density at radius 1 is 0.963 bits per heavy atom. The van der Waals surface area contributed by atoms with Crippen LogP contribution in [0.5, 0.6) is 0 Å². The Morgan fingerprint density at radius 3 is 2.48 bits per heavy atom. The summed E-state index contributed by atoms with van der Waals surface area (Å²) in [6.45, 7) is 2.93. The average Bonchev–Trinajstić information content (AvgIpc) is 2.93. The molecular weight excluding hydrogens is 385 g/mol. The van der Waals surface area contributed by atoms with Gasteiger partial charge in [-0.25, -0.2) is 0 Å². The molecule has 2 aromatic carbocycles. The fourth-order valence-corrected chi connectivity index (χ4v) is 3.59. The molecule has 0 aromatic heterocycles. The van der Waals surface area contributed by atoms with Crippen molar-refractivity contribution >= 4 is 40.7 Å². The third-order valence-corrected chi connectivity index (χ3v) is 5.09. The maximum Gasteiger partial charge on any atom is 0.253 e. The van der Waals surface area contributed by atoms with E-state index in [1.807, 2.05) is 18.2 Å². The summed E-state index contributed by atoms with van der Waals surface area (Å²) in [4.78, 5) is 28.8. The number of rotatable bonds is 4. The molecule has 0 unspecified atom stereocenters. The lowest BCUT2D eigenvalue weighted by Crippen LogP contribution is -2.42. The van der Waals surface area contributed by atoms with Gasteiger partial charge in [-0.1, -0.05) is 41.4 Å². The highest BCUT2D eigenvalue weighted by molar-refractivity contribution is 6.36. The molecular formula is C20H21Cl2N3O2. The number of anilines is 1. The van der Waals surface area contributed by atoms with Crippen LogP contribution in [0.25, 0.3) is 0 Å². The van der Waals surface area contributed by atoms with E-state index in [1.165, 1.54) is 6.07 Å². The Bertz CT molecular complexity index is 814. The molecule has 1 fully saturated rings. The van der Waals surface area contributed by atoms with Gasteiger partial charge in [0.05, 0.1) is 17.1 Å². The van der Waals surface area contributed by atoms with E-state index in [9.17, 15) is 9.59 Å². The second-order valence-electron chi connectivity index (χ2n) is 6.36. The number of carbonyl (C=O) groups is 2. The average molecular weight is 406 g/mol. The van der Waals surface area contributed by atoms with Crippen molar-refractivity contribution in [2.24, 2.45) is 0 Å². The van der Waals surface area contributed by atoms with Crippen molar-refractivity contribution in [1.29, 1.82) is 0 Å². The first kappa shape index (κ1) is 19.5. The fourth-order valence-electron chi connectivity index (χ4n) is 3.10. The van der Waals surface area contributed by atoms with Crippen LogP contribution in [0.3, 0.4) is 0 Å². The van der Waals surface area contributed by atoms with Crippen molar-refractivity contribution in [3.05, 3.63) is 64.1 Å². The van der Waals surface area contributed by atoms with E-state index in [0.717, 1.165) is 25.2 Å². The summed E-state index contributed by atoms with van der Waals surface area (Å²) in [5.41, 5.74) is 1.47. The van der Waals surface area contributed by atoms with Gasteiger partial charge in [0.2, 0.25) is 5.91 Å². The highest BCUT2D eigenvalue weighted by Gasteiger charge is 2.20. The quantitative estimate of drug-likeness (QED) is 0.846. The first-order valence-corrected chi connectivity index (χ1v) is 9.61. The standard InChI is InChI=1S/C20H21Cl2N3O2/c21-15-7-8-17(18(22)13-15)20(27)23-14-19(26)25-10-4-9-24(11-12-25)16-5-2-1-3-6-16/h1-3,5-8,13H,4,9-12,14H2,(H,23,27). The molecule has 2 amide bonds. The summed E-state index contributed by atoms with van der Waals surface area (Å²) in [6, 6.07) is 14.8. The van der Waals surface area contributed by atoms with Gasteiger partial charge in [-0.15, -0.1) is 0 Å². The first-order valence-electron chi connectivity index (χ1n) is 8.85. The van der Waals surface area contributed by atoms with Crippen LogP contribution in [0.4, 0.5) is 5.69 Å². The number of hydrogen-bond acceptors (Lipinski definition) is 3. The number of benzene rings is 2. The number of carbonyl (C=O) groups excluding carboxylic acids is 2. The largest absolute Gasteiger partial charge is 0.370 e. The van der Waals surface area contributed by atoms with Gasteiger partial charge in [0, 0.05) is 36.9 Å². The van der Waals surface area contributed by atoms with E-state index >= 15 is 0 Å². The third kappa shape index (κ3) is 5.15. The molecule has 142 valence electrons. The predicted molar refractivity (Wildman–Crippen MR) is 109 cm³/mol. The molecule has 0 spiro atoms. The van der Waals surface area contributed by atoms with E-state index in [0.29, 0.717) is 23.7 Å². The first-order chi connectivity index (χ1) is 13.0. The van der Waals surface area contributed by atoms with Crippen LogP contribution in [0.15, 0.2) is 48.5 Å². The zero-order valence-electron chi connectivity index (χ0n) is 14.8. The molecule has 3 rings (SSSR count). The molecule has 0 saturated carbocycles. The number of para-hydroxylation sites is 1. The lowest BCUT2D eigenvalue weighted by molar-refractivity contribution is -0.129. The second-order valence-corrected chi connectivity index (χ2v) is 7.21. The maximum absolute atomic E-state index is 12.5. The summed E-state index contributed by atoms with van der Waals surface area (Å²) >= 11 is 11.9. The van der Waals surface area contributed by atoms with E-state index < -0.39 is 0 Å². The van der Waals surface area contributed by atoms with Crippen molar-refractivity contribution < 1.29 is 9.59 Å². The van der Waals surface area contributed by atoms with Crippen LogP contribution in [0.1, 0.15) is 16.8 Å². The molecule has 1 aliphatic heterocycles. The Labute approximate surface area is 168 Å². The second kappa shape index (κ2) is 9.11. The molecule has 1 heterocycles. The van der Waals surface area contributed by atoms with Crippen LogP contribution in [-0.4, -0.2) is 49.4 Å². The summed E-state index contributed by atoms with van der Waals surface area (Å²) in [6.07, 6.45) is 0.887. The Balaban J connectivity index is 1.53. The molecule has 0 atom stereocenters. The third-order valence-electron chi connectivity index (χ3n) is 4.55. The molecule has 7 heteroatoms. The van der Waals surface area contributed by atoms with Gasteiger partial charge in [-0.2, -0.15) is 0 Å². The topological polar surface area (TPSA) is 52.7 Å². The summed E-state index contributed by atoms with van der Waals surface area (Å²) in [5, 5.41) is 3.37. The number of halogens is 2. The monoisotopic (exact) mass is 405 g/mol. The number of nitrogens with one attached hydrogen (secondary N) is 1. The van der Waals surface area contributed by atoms with Crippen LogP contribution in [0, 0.1) is 0 Å². The van der Waals surface area contributed by atoms with Crippen molar-refractivity contribution in [1.82, 2.24) is 10.2 Å². The van der Waals surface area contributed by atoms with E-state index in [4.69, 9.17) is 23.2 Å². The van der Waals surface area contributed by atoms with Gasteiger partial charge in [-0.3, -0.25) is 9.59 Å². The van der Waals surface area contributed by atoms with Crippen LogP contribution in [0.2, 0.25) is 10.0 Å². The SMILES string of the molecule is O=C(NCC(=O)N1CCCN(c2ccccc2)CC1)c1ccc(Cl)cc1Cl. The molecule has 27 heavy (non-hydrogen) atoms. The van der Waals surface area contributed by atoms with Gasteiger partial charge in [0.25, 0.3) is 5.91 Å². The van der Waals surface area contributed by atoms with Gasteiger partial charge in [-0.05, 0) is 36.8 Å². The lowest BCUT2D eigenvalue weighted by Gasteiger charge is -2.23. The molecule has 5 nitrogen and oxygen atoms in total. The highest BCUT2D eigenvalue weighted by atomic mass is 35.5. The molecule has 0 aliphatic carbocycles. The number of hydrogen-bond donors (Lipinski definition) is 1. The summed E-state index contributed by atoms with van der Waals surface area (Å²) < 4.78 is 0. The molecule has 1 aliphatic rings. The highest BCUT2D eigenvalue weighted by Crippen LogP contribution is 2.21. The Hall–Kier alpha value is -2.24. The lowest BCUT2D eigenvalue weighted by atomic mass is 10.2. The number of amides is 2. The van der Waals surface area contributed by atoms with Crippen molar-refractivity contribution in [3.63, 3.8) is 0 Å². The summed E-state index contributed by atoms with van der Waals surface area (Å²) in [7, 11) is 0. The Morgan fingerprint density at radius 2 is 1.74 bits per heavy atom. The molecule has 1 N–H and O–H groups in total. The van der Waals surface area contributed by atoms with Gasteiger partial charge < -0.3 is 15.1 Å². The van der Waals surface area contributed by atoms with E-state index in [-0.39, 0.29) is 23.4 Å². The normalized spacial score (nSPS) is 14.6. The van der Waals surface area contributed by atoms with Crippen LogP contribution >= 0.6 is 23.2 Å². The predicted octanol–water partition coefficient (Wildman–Crippen LogP) is 3.46. The van der Waals surface area contributed by atoms with E-state index in [1.54, 1.807) is 17.0 Å². The zero-order chi connectivity index (χ0) is 19.2. The minimum atomic E-state index is -0.384. The van der Waals surface area contributed by atoms with Crippen molar-refractivity contribution in [2.75, 3.05) is 37.6 Å². The molecule has 1 saturated heterocycles. The summed E-state index contributed by atoms with van der Waals surface area (Å²) in [5.74, 6) is -0.478.